The quantitative estimate of drug-likeness (QED) is 0.294. The number of carbonyl (C=O) groups excluding carboxylic acids is 2. The fourth-order valence-corrected chi connectivity index (χ4v) is 5.59. The minimum absolute atomic E-state index is 0.0341. The summed E-state index contributed by atoms with van der Waals surface area (Å²) in [5.74, 6) is -0.901. The number of amides is 1. The van der Waals surface area contributed by atoms with E-state index in [9.17, 15) is 18.8 Å². The lowest BCUT2D eigenvalue weighted by atomic mass is 9.97. The first-order valence-electron chi connectivity index (χ1n) is 12.2. The third-order valence-electron chi connectivity index (χ3n) is 6.27. The van der Waals surface area contributed by atoms with Crippen molar-refractivity contribution in [1.82, 2.24) is 14.5 Å². The van der Waals surface area contributed by atoms with Crippen molar-refractivity contribution in [1.29, 1.82) is 0 Å². The maximum atomic E-state index is 13.4. The molecule has 0 radical (unpaired) electrons. The highest BCUT2D eigenvalue weighted by Gasteiger charge is 2.33. The van der Waals surface area contributed by atoms with E-state index < -0.39 is 5.25 Å². The topological polar surface area (TPSA) is 81.5 Å². The summed E-state index contributed by atoms with van der Waals surface area (Å²) in [6.45, 7) is 6.88. The second kappa shape index (κ2) is 12.3. The number of hydrogen-bond donors (Lipinski definition) is 0. The van der Waals surface area contributed by atoms with Crippen LogP contribution in [0.2, 0.25) is 0 Å². The SMILES string of the molecule is CCCC(Sc1nc(C)c(Cc2ccc(F)cc2)c(=O)n1C)C(=O)N1CCCC(C(=O)OCC)C1. The van der Waals surface area contributed by atoms with Gasteiger partial charge in [0.15, 0.2) is 5.16 Å². The summed E-state index contributed by atoms with van der Waals surface area (Å²) in [5, 5.41) is 0.0857. The number of halogens is 1. The summed E-state index contributed by atoms with van der Waals surface area (Å²) < 4.78 is 19.9. The zero-order valence-corrected chi connectivity index (χ0v) is 21.7. The summed E-state index contributed by atoms with van der Waals surface area (Å²) in [4.78, 5) is 45.3. The number of esters is 1. The fraction of sp³-hybridized carbons (Fsp3) is 0.538. The lowest BCUT2D eigenvalue weighted by Crippen LogP contribution is -2.46. The lowest BCUT2D eigenvalue weighted by molar-refractivity contribution is -0.151. The number of hydrogen-bond acceptors (Lipinski definition) is 6. The van der Waals surface area contributed by atoms with Gasteiger partial charge in [-0.2, -0.15) is 0 Å². The molecule has 0 saturated carbocycles. The van der Waals surface area contributed by atoms with Crippen LogP contribution < -0.4 is 5.56 Å². The van der Waals surface area contributed by atoms with Gasteiger partial charge in [-0.05, 0) is 50.8 Å². The van der Waals surface area contributed by atoms with Crippen LogP contribution in [0.3, 0.4) is 0 Å². The number of benzene rings is 1. The van der Waals surface area contributed by atoms with Crippen molar-refractivity contribution in [3.05, 3.63) is 57.3 Å². The summed E-state index contributed by atoms with van der Waals surface area (Å²) in [7, 11) is 1.66. The number of carbonyl (C=O) groups is 2. The van der Waals surface area contributed by atoms with Gasteiger partial charge in [0, 0.05) is 37.8 Å². The molecule has 35 heavy (non-hydrogen) atoms. The molecule has 2 atom stereocenters. The zero-order chi connectivity index (χ0) is 25.5. The van der Waals surface area contributed by atoms with Crippen molar-refractivity contribution < 1.29 is 18.7 Å². The molecule has 2 unspecified atom stereocenters. The first kappa shape index (κ1) is 26.9. The third kappa shape index (κ3) is 6.72. The van der Waals surface area contributed by atoms with Gasteiger partial charge in [-0.1, -0.05) is 37.2 Å². The van der Waals surface area contributed by atoms with Crippen LogP contribution in [0.15, 0.2) is 34.2 Å². The number of aryl methyl sites for hydroxylation is 1. The molecule has 0 spiro atoms. The molecule has 1 amide bonds. The van der Waals surface area contributed by atoms with E-state index in [2.05, 4.69) is 4.98 Å². The zero-order valence-electron chi connectivity index (χ0n) is 20.9. The highest BCUT2D eigenvalue weighted by Crippen LogP contribution is 2.28. The maximum Gasteiger partial charge on any atom is 0.310 e. The molecule has 190 valence electrons. The normalized spacial score (nSPS) is 16.7. The van der Waals surface area contributed by atoms with Crippen molar-refractivity contribution in [2.45, 2.75) is 63.3 Å². The van der Waals surface area contributed by atoms with E-state index in [1.165, 1.54) is 28.5 Å². The largest absolute Gasteiger partial charge is 0.466 e. The van der Waals surface area contributed by atoms with Gasteiger partial charge in [-0.3, -0.25) is 19.0 Å². The van der Waals surface area contributed by atoms with Crippen LogP contribution >= 0.6 is 11.8 Å². The van der Waals surface area contributed by atoms with Gasteiger partial charge >= 0.3 is 5.97 Å². The molecular formula is C26H34FN3O4S. The minimum atomic E-state index is -0.401. The van der Waals surface area contributed by atoms with E-state index in [1.807, 2.05) is 6.92 Å². The Labute approximate surface area is 210 Å². The van der Waals surface area contributed by atoms with Crippen LogP contribution in [0.5, 0.6) is 0 Å². The summed E-state index contributed by atoms with van der Waals surface area (Å²) in [6, 6.07) is 6.08. The van der Waals surface area contributed by atoms with Crippen LogP contribution in [0.25, 0.3) is 0 Å². The van der Waals surface area contributed by atoms with E-state index in [4.69, 9.17) is 4.74 Å². The first-order chi connectivity index (χ1) is 16.7. The van der Waals surface area contributed by atoms with Gasteiger partial charge in [-0.15, -0.1) is 0 Å². The van der Waals surface area contributed by atoms with Gasteiger partial charge in [0.05, 0.1) is 17.8 Å². The van der Waals surface area contributed by atoms with Crippen molar-refractivity contribution >= 4 is 23.6 Å². The lowest BCUT2D eigenvalue weighted by Gasteiger charge is -2.33. The molecular weight excluding hydrogens is 469 g/mol. The molecule has 1 aliphatic rings. The van der Waals surface area contributed by atoms with Crippen LogP contribution in [0, 0.1) is 18.7 Å². The van der Waals surface area contributed by atoms with Gasteiger partial charge in [0.25, 0.3) is 5.56 Å². The number of likely N-dealkylation sites (tertiary alicyclic amines) is 1. The molecule has 2 aromatic rings. The molecule has 1 aromatic heterocycles. The first-order valence-corrected chi connectivity index (χ1v) is 13.1. The molecule has 7 nitrogen and oxygen atoms in total. The van der Waals surface area contributed by atoms with E-state index in [-0.39, 0.29) is 29.2 Å². The summed E-state index contributed by atoms with van der Waals surface area (Å²) >= 11 is 1.30. The molecule has 1 aliphatic heterocycles. The number of nitrogens with zero attached hydrogens (tertiary/aromatic N) is 3. The molecule has 9 heteroatoms. The molecule has 0 bridgehead atoms. The predicted molar refractivity (Wildman–Crippen MR) is 134 cm³/mol. The maximum absolute atomic E-state index is 13.4. The highest BCUT2D eigenvalue weighted by molar-refractivity contribution is 8.00. The molecule has 1 saturated heterocycles. The Morgan fingerprint density at radius 1 is 1.26 bits per heavy atom. The van der Waals surface area contributed by atoms with Crippen LogP contribution in [0.1, 0.15) is 56.4 Å². The fourth-order valence-electron chi connectivity index (χ4n) is 4.30. The van der Waals surface area contributed by atoms with Crippen LogP contribution in [-0.4, -0.2) is 51.3 Å². The Morgan fingerprint density at radius 3 is 2.63 bits per heavy atom. The Morgan fingerprint density at radius 2 is 1.97 bits per heavy atom. The van der Waals surface area contributed by atoms with E-state index >= 15 is 0 Å². The smallest absolute Gasteiger partial charge is 0.310 e. The molecule has 1 fully saturated rings. The highest BCUT2D eigenvalue weighted by atomic mass is 32.2. The van der Waals surface area contributed by atoms with Gasteiger partial charge in [0.2, 0.25) is 5.91 Å². The van der Waals surface area contributed by atoms with Crippen LogP contribution in [-0.2, 0) is 27.8 Å². The summed E-state index contributed by atoms with van der Waals surface area (Å²) in [6.07, 6.45) is 3.27. The molecule has 0 aliphatic carbocycles. The van der Waals surface area contributed by atoms with Gasteiger partial charge < -0.3 is 9.64 Å². The van der Waals surface area contributed by atoms with E-state index in [0.717, 1.165) is 24.8 Å². The van der Waals surface area contributed by atoms with Crippen molar-refractivity contribution in [2.24, 2.45) is 13.0 Å². The number of piperidine rings is 1. The second-order valence-corrected chi connectivity index (χ2v) is 10.1. The third-order valence-corrected chi connectivity index (χ3v) is 7.57. The van der Waals surface area contributed by atoms with Crippen molar-refractivity contribution in [3.8, 4) is 0 Å². The van der Waals surface area contributed by atoms with Crippen molar-refractivity contribution in [3.63, 3.8) is 0 Å². The van der Waals surface area contributed by atoms with Gasteiger partial charge in [0.1, 0.15) is 5.82 Å². The molecule has 3 rings (SSSR count). The molecule has 0 N–H and O–H groups in total. The number of ether oxygens (including phenoxy) is 1. The van der Waals surface area contributed by atoms with E-state index in [0.29, 0.717) is 49.0 Å². The Balaban J connectivity index is 1.79. The number of thioether (sulfide) groups is 1. The second-order valence-electron chi connectivity index (χ2n) is 8.90. The standard InChI is InChI=1S/C26H34FN3O4S/c1-5-8-22(24(32)30-14-7-9-19(16-30)25(33)34-6-2)35-26-28-17(3)21(23(31)29(26)4)15-18-10-12-20(27)13-11-18/h10-13,19,22H,5-9,14-16H2,1-4H3. The number of rotatable bonds is 9. The minimum Gasteiger partial charge on any atom is -0.466 e. The summed E-state index contributed by atoms with van der Waals surface area (Å²) in [5.41, 5.74) is 1.81. The van der Waals surface area contributed by atoms with Crippen molar-refractivity contribution in [2.75, 3.05) is 19.7 Å². The number of aromatic nitrogens is 2. The average Bonchev–Trinajstić information content (AvgIpc) is 2.85. The van der Waals surface area contributed by atoms with Crippen LogP contribution in [0.4, 0.5) is 4.39 Å². The Kier molecular flexibility index (Phi) is 9.48. The Bertz CT molecular complexity index is 1100. The average molecular weight is 504 g/mol. The Hall–Kier alpha value is -2.68. The van der Waals surface area contributed by atoms with E-state index in [1.54, 1.807) is 37.9 Å². The van der Waals surface area contributed by atoms with Gasteiger partial charge in [-0.25, -0.2) is 9.37 Å². The predicted octanol–water partition coefficient (Wildman–Crippen LogP) is 3.88. The molecule has 2 heterocycles. The molecule has 1 aromatic carbocycles. The monoisotopic (exact) mass is 503 g/mol.